The molecule has 0 radical (unpaired) electrons. The SMILES string of the molecule is CCCCCCCC/C=C\CCCCCCCCNC(=O)CCCCCCCCC(=O)NCCCCCCCC/C=C\CCCCCCCC.NC(=O)CCCCCCCCC(N)=O. The molecule has 0 saturated carbocycles. The van der Waals surface area contributed by atoms with E-state index in [0.717, 1.165) is 90.1 Å². The monoisotopic (exact) mass is 901 g/mol. The molecule has 0 bridgehead atoms. The summed E-state index contributed by atoms with van der Waals surface area (Å²) in [5.41, 5.74) is 10.00. The minimum absolute atomic E-state index is 0.219. The van der Waals surface area contributed by atoms with Crippen LogP contribution in [0.25, 0.3) is 0 Å². The molecule has 0 aliphatic carbocycles. The zero-order valence-electron chi connectivity index (χ0n) is 42.6. The van der Waals surface area contributed by atoms with Gasteiger partial charge in [-0.2, -0.15) is 0 Å². The van der Waals surface area contributed by atoms with Crippen molar-refractivity contribution < 1.29 is 19.2 Å². The Morgan fingerprint density at radius 1 is 0.297 bits per heavy atom. The number of nitrogens with one attached hydrogen (secondary N) is 2. The minimum atomic E-state index is -0.223. The third kappa shape index (κ3) is 61.4. The van der Waals surface area contributed by atoms with Crippen molar-refractivity contribution >= 4 is 23.6 Å². The van der Waals surface area contributed by atoms with Gasteiger partial charge in [0, 0.05) is 38.8 Å². The van der Waals surface area contributed by atoms with Crippen LogP contribution < -0.4 is 22.1 Å². The molecule has 0 rings (SSSR count). The molecule has 0 aromatic rings. The summed E-state index contributed by atoms with van der Waals surface area (Å²) in [4.78, 5) is 45.0. The summed E-state index contributed by atoms with van der Waals surface area (Å²) in [6.07, 6.45) is 61.3. The van der Waals surface area contributed by atoms with Crippen molar-refractivity contribution in [2.24, 2.45) is 11.5 Å². The van der Waals surface area contributed by atoms with Crippen LogP contribution in [0.2, 0.25) is 0 Å². The predicted molar refractivity (Wildman–Crippen MR) is 277 cm³/mol. The molecular formula is C56H108N4O4. The molecule has 0 fully saturated rings. The van der Waals surface area contributed by atoms with Crippen LogP contribution in [-0.4, -0.2) is 36.7 Å². The van der Waals surface area contributed by atoms with Gasteiger partial charge in [0.15, 0.2) is 0 Å². The Kier molecular flexibility index (Phi) is 56.0. The number of hydrogen-bond donors (Lipinski definition) is 4. The lowest BCUT2D eigenvalue weighted by molar-refractivity contribution is -0.122. The largest absolute Gasteiger partial charge is 0.370 e. The van der Waals surface area contributed by atoms with E-state index in [4.69, 9.17) is 11.5 Å². The lowest BCUT2D eigenvalue weighted by Gasteiger charge is -2.06. The Morgan fingerprint density at radius 3 is 0.781 bits per heavy atom. The van der Waals surface area contributed by atoms with Gasteiger partial charge in [-0.25, -0.2) is 0 Å². The zero-order chi connectivity index (χ0) is 47.1. The van der Waals surface area contributed by atoms with Gasteiger partial charge in [0.2, 0.25) is 23.6 Å². The van der Waals surface area contributed by atoms with Gasteiger partial charge in [0.25, 0.3) is 0 Å². The number of allylic oxidation sites excluding steroid dienone is 4. The highest BCUT2D eigenvalue weighted by atomic mass is 16.2. The number of carbonyl (C=O) groups excluding carboxylic acids is 4. The number of carbonyl (C=O) groups is 4. The van der Waals surface area contributed by atoms with Gasteiger partial charge < -0.3 is 22.1 Å². The molecule has 0 heterocycles. The van der Waals surface area contributed by atoms with Crippen molar-refractivity contribution in [1.82, 2.24) is 10.6 Å². The third-order valence-corrected chi connectivity index (χ3v) is 12.2. The summed E-state index contributed by atoms with van der Waals surface area (Å²) >= 11 is 0. The average molecular weight is 902 g/mol. The molecule has 0 aromatic heterocycles. The fraction of sp³-hybridized carbons (Fsp3) is 0.857. The summed E-state index contributed by atoms with van der Waals surface area (Å²) in [7, 11) is 0. The van der Waals surface area contributed by atoms with Gasteiger partial charge in [-0.1, -0.05) is 205 Å². The first-order valence-electron chi connectivity index (χ1n) is 27.7. The Bertz CT molecular complexity index is 979. The summed E-state index contributed by atoms with van der Waals surface area (Å²) in [6, 6.07) is 0. The van der Waals surface area contributed by atoms with E-state index in [0.29, 0.717) is 25.7 Å². The van der Waals surface area contributed by atoms with Gasteiger partial charge >= 0.3 is 0 Å². The molecule has 376 valence electrons. The second kappa shape index (κ2) is 56.5. The van der Waals surface area contributed by atoms with Crippen LogP contribution in [0.4, 0.5) is 0 Å². The molecule has 0 aliphatic rings. The first kappa shape index (κ1) is 63.4. The van der Waals surface area contributed by atoms with Gasteiger partial charge in [0.1, 0.15) is 0 Å². The number of primary amides is 2. The standard InChI is InChI=1S/C46H88N2O2.C10H20N2O2/c1-3-5-7-9-11-13-15-17-19-21-23-25-27-31-35-39-43-47-45(49)41-37-33-29-30-34-38-42-46(50)48-44-40-36-32-28-26-24-22-20-18-16-14-12-10-8-6-4-2;11-9(13)7-5-3-1-2-4-6-8-10(12)14/h17-20H,3-16,21-44H2,1-2H3,(H,47,49)(H,48,50);1-8H2,(H2,11,13)(H2,12,14)/b19-17-,20-18-;. The highest BCUT2D eigenvalue weighted by molar-refractivity contribution is 5.76. The van der Waals surface area contributed by atoms with E-state index in [1.54, 1.807) is 0 Å². The average Bonchev–Trinajstić information content (AvgIpc) is 3.27. The van der Waals surface area contributed by atoms with Gasteiger partial charge in [-0.3, -0.25) is 19.2 Å². The van der Waals surface area contributed by atoms with Crippen molar-refractivity contribution in [2.75, 3.05) is 13.1 Å². The van der Waals surface area contributed by atoms with Gasteiger partial charge in [-0.15, -0.1) is 0 Å². The Balaban J connectivity index is 0. The van der Waals surface area contributed by atoms with E-state index in [9.17, 15) is 19.2 Å². The molecule has 6 N–H and O–H groups in total. The summed E-state index contributed by atoms with van der Waals surface area (Å²) in [5, 5.41) is 6.22. The van der Waals surface area contributed by atoms with Crippen molar-refractivity contribution in [1.29, 1.82) is 0 Å². The lowest BCUT2D eigenvalue weighted by Crippen LogP contribution is -2.24. The van der Waals surface area contributed by atoms with E-state index in [-0.39, 0.29) is 23.6 Å². The normalized spacial score (nSPS) is 11.3. The van der Waals surface area contributed by atoms with E-state index in [1.165, 1.54) is 180 Å². The Hall–Kier alpha value is -2.64. The number of nitrogens with two attached hydrogens (primary N) is 2. The number of hydrogen-bond acceptors (Lipinski definition) is 4. The Labute approximate surface area is 397 Å². The maximum absolute atomic E-state index is 12.1. The predicted octanol–water partition coefficient (Wildman–Crippen LogP) is 15.5. The molecule has 0 unspecified atom stereocenters. The second-order valence-electron chi connectivity index (χ2n) is 18.8. The van der Waals surface area contributed by atoms with Crippen LogP contribution in [0.5, 0.6) is 0 Å². The quantitative estimate of drug-likeness (QED) is 0.0356. The summed E-state index contributed by atoms with van der Waals surface area (Å²) < 4.78 is 0. The van der Waals surface area contributed by atoms with Crippen molar-refractivity contribution in [3.63, 3.8) is 0 Å². The first-order valence-corrected chi connectivity index (χ1v) is 27.7. The van der Waals surface area contributed by atoms with Crippen molar-refractivity contribution in [2.45, 2.75) is 296 Å². The Morgan fingerprint density at radius 2 is 0.516 bits per heavy atom. The van der Waals surface area contributed by atoms with Crippen LogP contribution >= 0.6 is 0 Å². The molecule has 0 aliphatic heterocycles. The molecule has 4 amide bonds. The smallest absolute Gasteiger partial charge is 0.219 e. The van der Waals surface area contributed by atoms with Crippen LogP contribution in [0.3, 0.4) is 0 Å². The molecule has 0 spiro atoms. The fourth-order valence-corrected chi connectivity index (χ4v) is 7.96. The molecule has 8 nitrogen and oxygen atoms in total. The summed E-state index contributed by atoms with van der Waals surface area (Å²) in [6.45, 7) is 6.22. The third-order valence-electron chi connectivity index (χ3n) is 12.2. The zero-order valence-corrected chi connectivity index (χ0v) is 42.6. The van der Waals surface area contributed by atoms with Crippen molar-refractivity contribution in [3.8, 4) is 0 Å². The highest BCUT2D eigenvalue weighted by Crippen LogP contribution is 2.13. The van der Waals surface area contributed by atoms with Crippen LogP contribution in [0, 0.1) is 0 Å². The molecule has 8 heteroatoms. The number of unbranched alkanes of at least 4 members (excludes halogenated alkanes) is 34. The first-order chi connectivity index (χ1) is 31.3. The van der Waals surface area contributed by atoms with E-state index < -0.39 is 0 Å². The fourth-order valence-electron chi connectivity index (χ4n) is 7.96. The van der Waals surface area contributed by atoms with Gasteiger partial charge in [0.05, 0.1) is 0 Å². The number of rotatable bonds is 50. The molecular weight excluding hydrogens is 793 g/mol. The maximum Gasteiger partial charge on any atom is 0.219 e. The van der Waals surface area contributed by atoms with Gasteiger partial charge in [-0.05, 0) is 89.9 Å². The molecule has 0 aromatic carbocycles. The van der Waals surface area contributed by atoms with E-state index in [1.807, 2.05) is 0 Å². The van der Waals surface area contributed by atoms with Crippen LogP contribution in [-0.2, 0) is 19.2 Å². The topological polar surface area (TPSA) is 144 Å². The van der Waals surface area contributed by atoms with E-state index >= 15 is 0 Å². The minimum Gasteiger partial charge on any atom is -0.370 e. The van der Waals surface area contributed by atoms with Crippen LogP contribution in [0.15, 0.2) is 24.3 Å². The molecule has 64 heavy (non-hydrogen) atoms. The van der Waals surface area contributed by atoms with Crippen molar-refractivity contribution in [3.05, 3.63) is 24.3 Å². The molecule has 0 saturated heterocycles. The second-order valence-corrected chi connectivity index (χ2v) is 18.8. The number of amides is 4. The van der Waals surface area contributed by atoms with E-state index in [2.05, 4.69) is 48.8 Å². The van der Waals surface area contributed by atoms with Crippen LogP contribution in [0.1, 0.15) is 296 Å². The molecule has 0 atom stereocenters. The lowest BCUT2D eigenvalue weighted by atomic mass is 10.1. The summed E-state index contributed by atoms with van der Waals surface area (Å²) in [5.74, 6) is -0.00941. The maximum atomic E-state index is 12.1. The highest BCUT2D eigenvalue weighted by Gasteiger charge is 2.03.